The lowest BCUT2D eigenvalue weighted by Gasteiger charge is -2.00. The van der Waals surface area contributed by atoms with Crippen molar-refractivity contribution in [1.29, 1.82) is 10.5 Å². The Morgan fingerprint density at radius 3 is 2.41 bits per heavy atom. The summed E-state index contributed by atoms with van der Waals surface area (Å²) in [6, 6.07) is 14.2. The molecule has 0 aliphatic rings. The van der Waals surface area contributed by atoms with Gasteiger partial charge in [0.05, 0.1) is 17.7 Å². The molecule has 0 atom stereocenters. The average Bonchev–Trinajstić information content (AvgIpc) is 3.41. The van der Waals surface area contributed by atoms with Gasteiger partial charge >= 0.3 is 5.97 Å². The van der Waals surface area contributed by atoms with E-state index in [0.717, 1.165) is 16.9 Å². The number of thiophene rings is 1. The van der Waals surface area contributed by atoms with Gasteiger partial charge in [0.25, 0.3) is 0 Å². The third-order valence-corrected chi connectivity index (χ3v) is 6.30. The minimum atomic E-state index is -0.546. The zero-order valence-corrected chi connectivity index (χ0v) is 19.6. The number of ketones is 2. The second-order valence-electron chi connectivity index (χ2n) is 7.29. The van der Waals surface area contributed by atoms with Crippen LogP contribution < -0.4 is 0 Å². The molecule has 7 nitrogen and oxygen atoms in total. The SMILES string of the molecule is CCOC(=O)c1sc(CC(=O)/C(C#N)=C/c2ccc(-c3ccc(C(C)=O)cc3)o2)c(C#N)c1C. The van der Waals surface area contributed by atoms with Crippen LogP contribution in [0.4, 0.5) is 0 Å². The number of ether oxygens (including phenoxy) is 1. The summed E-state index contributed by atoms with van der Waals surface area (Å²) in [6.07, 6.45) is 1.14. The molecule has 0 radical (unpaired) electrons. The standard InChI is InChI=1S/C26H20N2O5S/c1-4-32-26(31)25-15(2)21(14-28)24(34-25)12-22(30)19(13-27)11-20-9-10-23(33-20)18-7-5-17(6-8-18)16(3)29/h5-11H,4,12H2,1-3H3/b19-11+. The third kappa shape index (κ3) is 5.20. The van der Waals surface area contributed by atoms with E-state index < -0.39 is 11.8 Å². The highest BCUT2D eigenvalue weighted by molar-refractivity contribution is 7.14. The predicted octanol–water partition coefficient (Wildman–Crippen LogP) is 5.29. The van der Waals surface area contributed by atoms with Crippen molar-refractivity contribution in [3.8, 4) is 23.5 Å². The van der Waals surface area contributed by atoms with Gasteiger partial charge in [0, 0.05) is 28.5 Å². The van der Waals surface area contributed by atoms with Crippen molar-refractivity contribution in [1.82, 2.24) is 0 Å². The molecule has 0 spiro atoms. The van der Waals surface area contributed by atoms with Crippen molar-refractivity contribution in [3.63, 3.8) is 0 Å². The number of rotatable bonds is 8. The fourth-order valence-electron chi connectivity index (χ4n) is 3.25. The molecular weight excluding hydrogens is 452 g/mol. The maximum atomic E-state index is 12.8. The Bertz CT molecular complexity index is 1380. The number of furan rings is 1. The number of benzene rings is 1. The molecule has 0 amide bonds. The lowest BCUT2D eigenvalue weighted by Crippen LogP contribution is -2.05. The van der Waals surface area contributed by atoms with Crippen LogP contribution in [0.25, 0.3) is 17.4 Å². The zero-order valence-electron chi connectivity index (χ0n) is 18.8. The summed E-state index contributed by atoms with van der Waals surface area (Å²) < 4.78 is 10.8. The van der Waals surface area contributed by atoms with E-state index in [2.05, 4.69) is 0 Å². The molecule has 0 unspecified atom stereocenters. The number of nitriles is 2. The van der Waals surface area contributed by atoms with Gasteiger partial charge in [0.1, 0.15) is 28.5 Å². The van der Waals surface area contributed by atoms with Gasteiger partial charge in [0.15, 0.2) is 11.6 Å². The number of carbonyl (C=O) groups is 3. The van der Waals surface area contributed by atoms with Crippen molar-refractivity contribution in [2.24, 2.45) is 0 Å². The lowest BCUT2D eigenvalue weighted by atomic mass is 10.0. The lowest BCUT2D eigenvalue weighted by molar-refractivity contribution is -0.114. The number of nitrogens with zero attached hydrogens (tertiary/aromatic N) is 2. The van der Waals surface area contributed by atoms with E-state index >= 15 is 0 Å². The minimum absolute atomic E-state index is 0.0401. The minimum Gasteiger partial charge on any atom is -0.462 e. The van der Waals surface area contributed by atoms with Crippen molar-refractivity contribution >= 4 is 34.9 Å². The Balaban J connectivity index is 1.83. The molecule has 1 aromatic carbocycles. The normalized spacial score (nSPS) is 10.9. The fourth-order valence-corrected chi connectivity index (χ4v) is 4.40. The van der Waals surface area contributed by atoms with Crippen LogP contribution in [-0.2, 0) is 16.0 Å². The van der Waals surface area contributed by atoms with Gasteiger partial charge in [-0.1, -0.05) is 24.3 Å². The molecule has 0 saturated heterocycles. The second-order valence-corrected chi connectivity index (χ2v) is 8.40. The van der Waals surface area contributed by atoms with Crippen LogP contribution >= 0.6 is 11.3 Å². The van der Waals surface area contributed by atoms with E-state index in [-0.39, 0.29) is 34.8 Å². The second kappa shape index (κ2) is 10.6. The van der Waals surface area contributed by atoms with Crippen LogP contribution in [0.1, 0.15) is 55.6 Å². The van der Waals surface area contributed by atoms with Gasteiger partial charge in [-0.15, -0.1) is 11.3 Å². The zero-order chi connectivity index (χ0) is 24.8. The van der Waals surface area contributed by atoms with Crippen molar-refractivity contribution < 1.29 is 23.5 Å². The first-order valence-electron chi connectivity index (χ1n) is 10.3. The summed E-state index contributed by atoms with van der Waals surface area (Å²) in [6.45, 7) is 4.99. The molecule has 2 aromatic heterocycles. The molecular formula is C26H20N2O5S. The Hall–Kier alpha value is -4.27. The molecule has 2 heterocycles. The van der Waals surface area contributed by atoms with Gasteiger partial charge in [-0.2, -0.15) is 10.5 Å². The Morgan fingerprint density at radius 1 is 1.12 bits per heavy atom. The van der Waals surface area contributed by atoms with Gasteiger partial charge in [0.2, 0.25) is 0 Å². The quantitative estimate of drug-likeness (QED) is 0.189. The number of hydrogen-bond donors (Lipinski definition) is 0. The smallest absolute Gasteiger partial charge is 0.348 e. The first-order chi connectivity index (χ1) is 16.3. The molecule has 0 saturated carbocycles. The summed E-state index contributed by atoms with van der Waals surface area (Å²) in [4.78, 5) is 37.1. The van der Waals surface area contributed by atoms with Crippen LogP contribution in [0.15, 0.2) is 46.4 Å². The first kappa shape index (κ1) is 24.4. The largest absolute Gasteiger partial charge is 0.462 e. The molecule has 0 fully saturated rings. The van der Waals surface area contributed by atoms with Crippen molar-refractivity contribution in [2.75, 3.05) is 6.61 Å². The molecule has 3 aromatic rings. The Labute approximate surface area is 200 Å². The first-order valence-corrected chi connectivity index (χ1v) is 11.2. The van der Waals surface area contributed by atoms with Crippen LogP contribution in [0.3, 0.4) is 0 Å². The maximum Gasteiger partial charge on any atom is 0.348 e. The predicted molar refractivity (Wildman–Crippen MR) is 126 cm³/mol. The van der Waals surface area contributed by atoms with Crippen LogP contribution in [-0.4, -0.2) is 24.1 Å². The van der Waals surface area contributed by atoms with E-state index in [1.165, 1.54) is 13.0 Å². The molecule has 0 aliphatic heterocycles. The van der Waals surface area contributed by atoms with Crippen molar-refractivity contribution in [3.05, 3.63) is 74.2 Å². The molecule has 34 heavy (non-hydrogen) atoms. The molecule has 3 rings (SSSR count). The highest BCUT2D eigenvalue weighted by Gasteiger charge is 2.23. The van der Waals surface area contributed by atoms with Gasteiger partial charge in [-0.3, -0.25) is 9.59 Å². The van der Waals surface area contributed by atoms with Gasteiger partial charge in [-0.05, 0) is 38.5 Å². The third-order valence-electron chi connectivity index (χ3n) is 5.02. The van der Waals surface area contributed by atoms with Crippen molar-refractivity contribution in [2.45, 2.75) is 27.2 Å². The van der Waals surface area contributed by atoms with Gasteiger partial charge < -0.3 is 9.15 Å². The Kier molecular flexibility index (Phi) is 7.57. The summed E-state index contributed by atoms with van der Waals surface area (Å²) in [5.74, 6) is -0.256. The number of hydrogen-bond acceptors (Lipinski definition) is 8. The molecule has 0 bridgehead atoms. The molecule has 0 aliphatic carbocycles. The summed E-state index contributed by atoms with van der Waals surface area (Å²) >= 11 is 1.02. The van der Waals surface area contributed by atoms with E-state index in [1.807, 2.05) is 12.1 Å². The van der Waals surface area contributed by atoms with E-state index in [4.69, 9.17) is 9.15 Å². The van der Waals surface area contributed by atoms with Crippen LogP contribution in [0.2, 0.25) is 0 Å². The number of esters is 1. The average molecular weight is 473 g/mol. The van der Waals surface area contributed by atoms with Crippen LogP contribution in [0.5, 0.6) is 0 Å². The summed E-state index contributed by atoms with van der Waals surface area (Å²) in [5, 5.41) is 19.0. The summed E-state index contributed by atoms with van der Waals surface area (Å²) in [7, 11) is 0. The highest BCUT2D eigenvalue weighted by Crippen LogP contribution is 2.30. The molecule has 0 N–H and O–H groups in total. The number of Topliss-reactive ketones (excluding diaryl/α,β-unsaturated/α-hetero) is 2. The molecule has 8 heteroatoms. The number of allylic oxidation sites excluding steroid dienone is 1. The highest BCUT2D eigenvalue weighted by atomic mass is 32.1. The van der Waals surface area contributed by atoms with E-state index in [0.29, 0.717) is 27.5 Å². The Morgan fingerprint density at radius 2 is 1.82 bits per heavy atom. The van der Waals surface area contributed by atoms with Crippen LogP contribution in [0, 0.1) is 29.6 Å². The molecule has 170 valence electrons. The monoisotopic (exact) mass is 472 g/mol. The van der Waals surface area contributed by atoms with Gasteiger partial charge in [-0.25, -0.2) is 4.79 Å². The maximum absolute atomic E-state index is 12.8. The van der Waals surface area contributed by atoms with E-state index in [1.54, 1.807) is 50.2 Å². The summed E-state index contributed by atoms with van der Waals surface area (Å²) in [5.41, 5.74) is 1.89. The topological polar surface area (TPSA) is 121 Å². The van der Waals surface area contributed by atoms with E-state index in [9.17, 15) is 24.9 Å². The fraction of sp³-hybridized carbons (Fsp3) is 0.192. The number of carbonyl (C=O) groups excluding carboxylic acids is 3.